The molecule has 0 saturated carbocycles. The molecule has 0 N–H and O–H groups in total. The summed E-state index contributed by atoms with van der Waals surface area (Å²) in [4.78, 5) is 15.7. The van der Waals surface area contributed by atoms with Crippen LogP contribution in [0.15, 0.2) is 61.0 Å². The summed E-state index contributed by atoms with van der Waals surface area (Å²) >= 11 is 0. The van der Waals surface area contributed by atoms with Crippen molar-refractivity contribution in [1.82, 2.24) is 4.98 Å². The number of ether oxygens (including phenoxy) is 1. The van der Waals surface area contributed by atoms with Crippen LogP contribution in [0.3, 0.4) is 0 Å². The summed E-state index contributed by atoms with van der Waals surface area (Å²) in [5.41, 5.74) is 0.521. The smallest absolute Gasteiger partial charge is 0.339 e. The summed E-state index contributed by atoms with van der Waals surface area (Å²) in [5.74, 6) is -0.278. The zero-order valence-electron chi connectivity index (χ0n) is 18.2. The van der Waals surface area contributed by atoms with Crippen LogP contribution >= 0.6 is 0 Å². The normalized spacial score (nSPS) is 11.8. The Hall–Kier alpha value is -2.16. The van der Waals surface area contributed by atoms with Gasteiger partial charge < -0.3 is 4.74 Å². The van der Waals surface area contributed by atoms with E-state index in [0.29, 0.717) is 12.2 Å². The molecule has 0 aliphatic carbocycles. The number of hydrogen-bond acceptors (Lipinski definition) is 3. The van der Waals surface area contributed by atoms with Crippen LogP contribution < -0.4 is 0 Å². The fourth-order valence-electron chi connectivity index (χ4n) is 2.92. The number of unbranched alkanes of at least 4 members (excludes halogenated alkanes) is 8. The van der Waals surface area contributed by atoms with Crippen LogP contribution in [0.1, 0.15) is 94.3 Å². The molecule has 3 heteroatoms. The second-order valence-electron chi connectivity index (χ2n) is 7.32. The van der Waals surface area contributed by atoms with Gasteiger partial charge in [0.25, 0.3) is 0 Å². The second-order valence-corrected chi connectivity index (χ2v) is 7.32. The highest BCUT2D eigenvalue weighted by Gasteiger charge is 2.05. The Balaban J connectivity index is 1.85. The minimum absolute atomic E-state index is 0.278. The van der Waals surface area contributed by atoms with Crippen LogP contribution in [-0.4, -0.2) is 17.6 Å². The van der Waals surface area contributed by atoms with Crippen molar-refractivity contribution >= 4 is 5.97 Å². The van der Waals surface area contributed by atoms with Crippen molar-refractivity contribution in [2.24, 2.45) is 0 Å². The summed E-state index contributed by atoms with van der Waals surface area (Å²) in [6.45, 7) is 2.74. The molecule has 29 heavy (non-hydrogen) atoms. The first-order valence-electron chi connectivity index (χ1n) is 11.4. The summed E-state index contributed by atoms with van der Waals surface area (Å²) in [7, 11) is 0. The lowest BCUT2D eigenvalue weighted by Crippen LogP contribution is -2.06. The van der Waals surface area contributed by atoms with Gasteiger partial charge in [0.1, 0.15) is 0 Å². The number of esters is 1. The van der Waals surface area contributed by atoms with Gasteiger partial charge in [0.15, 0.2) is 0 Å². The van der Waals surface area contributed by atoms with Crippen molar-refractivity contribution in [3.63, 3.8) is 0 Å². The predicted octanol–water partition coefficient (Wildman–Crippen LogP) is 7.61. The molecule has 0 aromatic carbocycles. The molecule has 160 valence electrons. The molecule has 1 heterocycles. The molecular weight excluding hydrogens is 358 g/mol. The third-order valence-electron chi connectivity index (χ3n) is 4.66. The second kappa shape index (κ2) is 19.2. The number of carbonyl (C=O) groups is 1. The molecule has 0 spiro atoms. The van der Waals surface area contributed by atoms with Crippen molar-refractivity contribution in [1.29, 1.82) is 0 Å². The number of aromatic nitrogens is 1. The molecule has 0 amide bonds. The SMILES string of the molecule is CCCCC/C=C\C/C=C\C/C=C\CCCCCCCOC(=O)c1cccnc1. The molecule has 0 radical (unpaired) electrons. The van der Waals surface area contributed by atoms with E-state index in [2.05, 4.69) is 48.4 Å². The lowest BCUT2D eigenvalue weighted by atomic mass is 10.1. The molecule has 0 bridgehead atoms. The topological polar surface area (TPSA) is 39.2 Å². The first-order chi connectivity index (χ1) is 14.3. The highest BCUT2D eigenvalue weighted by molar-refractivity contribution is 5.88. The molecule has 0 aliphatic rings. The molecule has 0 fully saturated rings. The molecule has 1 aromatic heterocycles. The van der Waals surface area contributed by atoms with Crippen LogP contribution in [-0.2, 0) is 4.74 Å². The fraction of sp³-hybridized carbons (Fsp3) is 0.538. The van der Waals surface area contributed by atoms with Gasteiger partial charge in [-0.05, 0) is 57.1 Å². The highest BCUT2D eigenvalue weighted by atomic mass is 16.5. The Morgan fingerprint density at radius 2 is 1.48 bits per heavy atom. The maximum Gasteiger partial charge on any atom is 0.339 e. The van der Waals surface area contributed by atoms with E-state index in [1.54, 1.807) is 18.3 Å². The third kappa shape index (κ3) is 15.4. The Kier molecular flexibility index (Phi) is 16.4. The molecule has 0 atom stereocenters. The minimum Gasteiger partial charge on any atom is -0.462 e. The monoisotopic (exact) mass is 397 g/mol. The van der Waals surface area contributed by atoms with E-state index < -0.39 is 0 Å². The average Bonchev–Trinajstić information content (AvgIpc) is 2.75. The van der Waals surface area contributed by atoms with Crippen LogP contribution in [0.25, 0.3) is 0 Å². The van der Waals surface area contributed by atoms with Gasteiger partial charge in [-0.3, -0.25) is 4.98 Å². The predicted molar refractivity (Wildman–Crippen MR) is 123 cm³/mol. The Labute approximate surface area is 178 Å². The molecular formula is C26H39NO2. The molecule has 0 unspecified atom stereocenters. The summed E-state index contributed by atoms with van der Waals surface area (Å²) in [6.07, 6.45) is 30.9. The van der Waals surface area contributed by atoms with Crippen LogP contribution in [0.4, 0.5) is 0 Å². The summed E-state index contributed by atoms with van der Waals surface area (Å²) in [6, 6.07) is 3.47. The quantitative estimate of drug-likeness (QED) is 0.154. The molecule has 0 aliphatic heterocycles. The van der Waals surface area contributed by atoms with E-state index in [-0.39, 0.29) is 5.97 Å². The van der Waals surface area contributed by atoms with E-state index in [1.807, 2.05) is 0 Å². The van der Waals surface area contributed by atoms with Crippen molar-refractivity contribution in [2.45, 2.75) is 84.0 Å². The zero-order valence-corrected chi connectivity index (χ0v) is 18.2. The molecule has 1 rings (SSSR count). The largest absolute Gasteiger partial charge is 0.462 e. The van der Waals surface area contributed by atoms with Crippen molar-refractivity contribution in [2.75, 3.05) is 6.61 Å². The number of pyridine rings is 1. The van der Waals surface area contributed by atoms with E-state index in [1.165, 1.54) is 51.1 Å². The van der Waals surface area contributed by atoms with Crippen LogP contribution in [0.5, 0.6) is 0 Å². The first-order valence-corrected chi connectivity index (χ1v) is 11.4. The number of nitrogens with zero attached hydrogens (tertiary/aromatic N) is 1. The number of allylic oxidation sites excluding steroid dienone is 6. The minimum atomic E-state index is -0.278. The Morgan fingerprint density at radius 1 is 0.862 bits per heavy atom. The number of hydrogen-bond donors (Lipinski definition) is 0. The van der Waals surface area contributed by atoms with E-state index in [0.717, 1.165) is 32.1 Å². The van der Waals surface area contributed by atoms with E-state index >= 15 is 0 Å². The maximum absolute atomic E-state index is 11.7. The van der Waals surface area contributed by atoms with Gasteiger partial charge in [0.05, 0.1) is 12.2 Å². The van der Waals surface area contributed by atoms with Gasteiger partial charge in [-0.2, -0.15) is 0 Å². The Morgan fingerprint density at radius 3 is 2.14 bits per heavy atom. The number of carbonyl (C=O) groups excluding carboxylic acids is 1. The van der Waals surface area contributed by atoms with Crippen molar-refractivity contribution < 1.29 is 9.53 Å². The van der Waals surface area contributed by atoms with Gasteiger partial charge in [0, 0.05) is 12.4 Å². The van der Waals surface area contributed by atoms with Crippen molar-refractivity contribution in [3.05, 3.63) is 66.5 Å². The summed E-state index contributed by atoms with van der Waals surface area (Å²) < 4.78 is 5.26. The average molecular weight is 398 g/mol. The van der Waals surface area contributed by atoms with Gasteiger partial charge in [-0.15, -0.1) is 0 Å². The van der Waals surface area contributed by atoms with Crippen molar-refractivity contribution in [3.8, 4) is 0 Å². The van der Waals surface area contributed by atoms with Gasteiger partial charge in [0.2, 0.25) is 0 Å². The first kappa shape index (κ1) is 24.9. The van der Waals surface area contributed by atoms with Gasteiger partial charge in [-0.25, -0.2) is 4.79 Å². The highest BCUT2D eigenvalue weighted by Crippen LogP contribution is 2.07. The van der Waals surface area contributed by atoms with Crippen LogP contribution in [0, 0.1) is 0 Å². The van der Waals surface area contributed by atoms with E-state index in [4.69, 9.17) is 4.74 Å². The van der Waals surface area contributed by atoms with Gasteiger partial charge in [-0.1, -0.05) is 75.5 Å². The lowest BCUT2D eigenvalue weighted by molar-refractivity contribution is 0.0497. The fourth-order valence-corrected chi connectivity index (χ4v) is 2.92. The maximum atomic E-state index is 11.7. The zero-order chi connectivity index (χ0) is 20.8. The van der Waals surface area contributed by atoms with Gasteiger partial charge >= 0.3 is 5.97 Å². The van der Waals surface area contributed by atoms with Crippen LogP contribution in [0.2, 0.25) is 0 Å². The van der Waals surface area contributed by atoms with E-state index in [9.17, 15) is 4.79 Å². The molecule has 1 aromatic rings. The summed E-state index contributed by atoms with van der Waals surface area (Å²) in [5, 5.41) is 0. The molecule has 0 saturated heterocycles. The molecule has 3 nitrogen and oxygen atoms in total. The third-order valence-corrected chi connectivity index (χ3v) is 4.66. The standard InChI is InChI=1S/C26H39NO2/c1-2-3-4-5-6-7-8-9-10-11-12-13-14-15-16-17-18-19-23-29-26(28)25-21-20-22-27-24-25/h6-7,9-10,12-13,20-22,24H,2-5,8,11,14-19,23H2,1H3/b7-6-,10-9-,13-12-. The lowest BCUT2D eigenvalue weighted by Gasteiger charge is -2.04. The number of rotatable bonds is 17. The Bertz CT molecular complexity index is 590.